The van der Waals surface area contributed by atoms with Crippen molar-refractivity contribution < 1.29 is 18.7 Å². The number of hydrogen-bond donors (Lipinski definition) is 3. The number of phenolic OH excluding ortho intramolecular Hbond substituents is 1. The molecule has 0 saturated carbocycles. The third-order valence-electron chi connectivity index (χ3n) is 2.51. The number of amides is 1. The van der Waals surface area contributed by atoms with Gasteiger partial charge in [0.1, 0.15) is 5.75 Å². The molecule has 1 amide bonds. The van der Waals surface area contributed by atoms with E-state index in [1.165, 1.54) is 30.3 Å². The van der Waals surface area contributed by atoms with E-state index in [1.54, 1.807) is 0 Å². The first kappa shape index (κ1) is 12.8. The summed E-state index contributed by atoms with van der Waals surface area (Å²) in [5.74, 6) is -2.81. The van der Waals surface area contributed by atoms with Gasteiger partial charge in [-0.25, -0.2) is 8.78 Å². The number of benzene rings is 2. The number of anilines is 2. The molecule has 0 radical (unpaired) electrons. The van der Waals surface area contributed by atoms with Crippen LogP contribution in [0.3, 0.4) is 0 Å². The Balaban J connectivity index is 2.24. The molecule has 4 nitrogen and oxygen atoms in total. The van der Waals surface area contributed by atoms with Crippen molar-refractivity contribution in [2.24, 2.45) is 0 Å². The van der Waals surface area contributed by atoms with Crippen molar-refractivity contribution >= 4 is 17.3 Å². The second-order valence-corrected chi connectivity index (χ2v) is 3.82. The molecule has 0 spiro atoms. The smallest absolute Gasteiger partial charge is 0.255 e. The maximum atomic E-state index is 13.2. The Morgan fingerprint density at radius 3 is 2.37 bits per heavy atom. The van der Waals surface area contributed by atoms with Gasteiger partial charge in [-0.2, -0.15) is 0 Å². The molecular formula is C13H10F2N2O2. The van der Waals surface area contributed by atoms with Crippen LogP contribution in [0.25, 0.3) is 0 Å². The molecule has 0 aliphatic rings. The zero-order chi connectivity index (χ0) is 14.0. The van der Waals surface area contributed by atoms with Crippen molar-refractivity contribution in [2.75, 3.05) is 11.1 Å². The quantitative estimate of drug-likeness (QED) is 0.729. The molecule has 0 aromatic heterocycles. The normalized spacial score (nSPS) is 10.2. The number of phenols is 1. The number of hydrogen-bond acceptors (Lipinski definition) is 3. The molecule has 0 bridgehead atoms. The monoisotopic (exact) mass is 264 g/mol. The summed E-state index contributed by atoms with van der Waals surface area (Å²) in [5, 5.41) is 11.5. The molecule has 0 heterocycles. The molecule has 2 rings (SSSR count). The lowest BCUT2D eigenvalue weighted by Crippen LogP contribution is -2.14. The summed E-state index contributed by atoms with van der Waals surface area (Å²) >= 11 is 0. The van der Waals surface area contributed by atoms with Gasteiger partial charge in [-0.3, -0.25) is 4.79 Å². The van der Waals surface area contributed by atoms with Crippen LogP contribution in [-0.2, 0) is 0 Å². The summed E-state index contributed by atoms with van der Waals surface area (Å²) in [7, 11) is 0. The second kappa shape index (κ2) is 4.93. The number of carbonyl (C=O) groups excluding carboxylic acids is 1. The lowest BCUT2D eigenvalue weighted by Gasteiger charge is -2.09. The molecule has 0 fully saturated rings. The minimum atomic E-state index is -1.21. The van der Waals surface area contributed by atoms with E-state index in [0.29, 0.717) is 0 Å². The Bertz CT molecular complexity index is 627. The third kappa shape index (κ3) is 2.62. The molecule has 0 unspecified atom stereocenters. The number of carbonyl (C=O) groups is 1. The number of rotatable bonds is 2. The highest BCUT2D eigenvalue weighted by Crippen LogP contribution is 2.24. The maximum Gasteiger partial charge on any atom is 0.255 e. The van der Waals surface area contributed by atoms with Crippen LogP contribution in [0.2, 0.25) is 0 Å². The first-order valence-corrected chi connectivity index (χ1v) is 5.33. The lowest BCUT2D eigenvalue weighted by molar-refractivity contribution is 0.102. The summed E-state index contributed by atoms with van der Waals surface area (Å²) in [6.45, 7) is 0. The fourth-order valence-corrected chi connectivity index (χ4v) is 1.48. The third-order valence-corrected chi connectivity index (χ3v) is 2.51. The summed E-state index contributed by atoms with van der Waals surface area (Å²) in [6, 6.07) is 7.50. The Hall–Kier alpha value is -2.63. The van der Waals surface area contributed by atoms with E-state index in [9.17, 15) is 13.6 Å². The minimum Gasteiger partial charge on any atom is -0.508 e. The summed E-state index contributed by atoms with van der Waals surface area (Å²) < 4.78 is 26.1. The summed E-state index contributed by atoms with van der Waals surface area (Å²) in [4.78, 5) is 11.8. The molecule has 0 aliphatic heterocycles. The molecule has 2 aromatic carbocycles. The molecule has 98 valence electrons. The summed E-state index contributed by atoms with van der Waals surface area (Å²) in [5.41, 5.74) is 5.13. The molecule has 0 aliphatic carbocycles. The Morgan fingerprint density at radius 1 is 1.11 bits per heavy atom. The van der Waals surface area contributed by atoms with Crippen molar-refractivity contribution in [1.82, 2.24) is 0 Å². The van der Waals surface area contributed by atoms with E-state index in [2.05, 4.69) is 5.32 Å². The van der Waals surface area contributed by atoms with Gasteiger partial charge in [0.15, 0.2) is 11.6 Å². The zero-order valence-electron chi connectivity index (χ0n) is 9.65. The summed E-state index contributed by atoms with van der Waals surface area (Å²) in [6.07, 6.45) is 0. The highest BCUT2D eigenvalue weighted by molar-refractivity contribution is 6.05. The average Bonchev–Trinajstić information content (AvgIpc) is 2.40. The predicted molar refractivity (Wildman–Crippen MR) is 66.8 cm³/mol. The van der Waals surface area contributed by atoms with Gasteiger partial charge in [-0.05, 0) is 36.4 Å². The number of halogens is 2. The van der Waals surface area contributed by atoms with E-state index < -0.39 is 23.2 Å². The molecule has 6 heteroatoms. The molecule has 19 heavy (non-hydrogen) atoms. The van der Waals surface area contributed by atoms with Gasteiger partial charge in [0.2, 0.25) is 0 Å². The zero-order valence-corrected chi connectivity index (χ0v) is 9.65. The number of nitrogen functional groups attached to an aromatic ring is 1. The Labute approximate surface area is 107 Å². The van der Waals surface area contributed by atoms with Crippen LogP contribution >= 0.6 is 0 Å². The molecule has 4 N–H and O–H groups in total. The van der Waals surface area contributed by atoms with Gasteiger partial charge >= 0.3 is 0 Å². The highest BCUT2D eigenvalue weighted by Gasteiger charge is 2.13. The van der Waals surface area contributed by atoms with E-state index in [0.717, 1.165) is 6.07 Å². The Kier molecular flexibility index (Phi) is 3.33. The van der Waals surface area contributed by atoms with Crippen LogP contribution in [0.5, 0.6) is 5.75 Å². The topological polar surface area (TPSA) is 75.3 Å². The minimum absolute atomic E-state index is 0.0167. The van der Waals surface area contributed by atoms with Gasteiger partial charge in [-0.1, -0.05) is 0 Å². The highest BCUT2D eigenvalue weighted by atomic mass is 19.2. The van der Waals surface area contributed by atoms with E-state index >= 15 is 0 Å². The van der Waals surface area contributed by atoms with Gasteiger partial charge in [0.25, 0.3) is 5.91 Å². The van der Waals surface area contributed by atoms with E-state index in [1.807, 2.05) is 0 Å². The predicted octanol–water partition coefficient (Wildman–Crippen LogP) is 2.50. The lowest BCUT2D eigenvalue weighted by atomic mass is 10.2. The van der Waals surface area contributed by atoms with Crippen LogP contribution in [0.4, 0.5) is 20.2 Å². The van der Waals surface area contributed by atoms with Crippen molar-refractivity contribution in [3.05, 3.63) is 53.6 Å². The molecule has 0 atom stereocenters. The number of nitrogens with two attached hydrogens (primary N) is 1. The van der Waals surface area contributed by atoms with Gasteiger partial charge < -0.3 is 16.2 Å². The molecule has 2 aromatic rings. The first-order chi connectivity index (χ1) is 8.99. The van der Waals surface area contributed by atoms with Crippen molar-refractivity contribution in [3.63, 3.8) is 0 Å². The fourth-order valence-electron chi connectivity index (χ4n) is 1.48. The fraction of sp³-hybridized carbons (Fsp3) is 0. The van der Waals surface area contributed by atoms with Crippen molar-refractivity contribution in [3.8, 4) is 5.75 Å². The standard InChI is InChI=1S/C13H10F2N2O2/c14-9-5-6-10(12(16)11(9)15)17-13(19)7-1-3-8(18)4-2-7/h1-6,18H,16H2,(H,17,19). The van der Waals surface area contributed by atoms with Crippen LogP contribution in [0, 0.1) is 11.6 Å². The van der Waals surface area contributed by atoms with Crippen molar-refractivity contribution in [2.45, 2.75) is 0 Å². The van der Waals surface area contributed by atoms with Crippen LogP contribution < -0.4 is 11.1 Å². The molecule has 0 saturated heterocycles. The van der Waals surface area contributed by atoms with Gasteiger partial charge in [0, 0.05) is 5.56 Å². The molecular weight excluding hydrogens is 254 g/mol. The average molecular weight is 264 g/mol. The van der Waals surface area contributed by atoms with Gasteiger partial charge in [-0.15, -0.1) is 0 Å². The van der Waals surface area contributed by atoms with Crippen LogP contribution in [-0.4, -0.2) is 11.0 Å². The number of aromatic hydroxyl groups is 1. The first-order valence-electron chi connectivity index (χ1n) is 5.33. The van der Waals surface area contributed by atoms with Gasteiger partial charge in [0.05, 0.1) is 11.4 Å². The SMILES string of the molecule is Nc1c(NC(=O)c2ccc(O)cc2)ccc(F)c1F. The van der Waals surface area contributed by atoms with E-state index in [-0.39, 0.29) is 17.0 Å². The Morgan fingerprint density at radius 2 is 1.74 bits per heavy atom. The largest absolute Gasteiger partial charge is 0.508 e. The van der Waals surface area contributed by atoms with Crippen LogP contribution in [0.1, 0.15) is 10.4 Å². The number of nitrogens with one attached hydrogen (secondary N) is 1. The van der Waals surface area contributed by atoms with E-state index in [4.69, 9.17) is 10.8 Å². The van der Waals surface area contributed by atoms with Crippen molar-refractivity contribution in [1.29, 1.82) is 0 Å². The van der Waals surface area contributed by atoms with Crippen LogP contribution in [0.15, 0.2) is 36.4 Å². The second-order valence-electron chi connectivity index (χ2n) is 3.82. The maximum absolute atomic E-state index is 13.2.